The zero-order valence-corrected chi connectivity index (χ0v) is 19.1. The Hall–Kier alpha value is -3.08. The van der Waals surface area contributed by atoms with E-state index in [0.29, 0.717) is 0 Å². The molecule has 1 fully saturated rings. The molecule has 0 aliphatic carbocycles. The highest BCUT2D eigenvalue weighted by molar-refractivity contribution is 6.65. The number of rotatable bonds is 4. The minimum atomic E-state index is -0.402. The summed E-state index contributed by atoms with van der Waals surface area (Å²) >= 11 is 0. The van der Waals surface area contributed by atoms with Crippen molar-refractivity contribution >= 4 is 40.4 Å². The molecular formula is C28H28BNO2. The Bertz CT molecular complexity index is 1180. The summed E-state index contributed by atoms with van der Waals surface area (Å²) in [5.41, 5.74) is 3.66. The molecule has 32 heavy (non-hydrogen) atoms. The van der Waals surface area contributed by atoms with E-state index in [2.05, 4.69) is 118 Å². The molecule has 4 aromatic carbocycles. The second kappa shape index (κ2) is 7.81. The van der Waals surface area contributed by atoms with Crippen LogP contribution in [-0.4, -0.2) is 18.3 Å². The molecule has 1 saturated heterocycles. The number of para-hydroxylation sites is 2. The van der Waals surface area contributed by atoms with Crippen LogP contribution in [0.5, 0.6) is 0 Å². The molecule has 0 aromatic heterocycles. The van der Waals surface area contributed by atoms with E-state index in [1.165, 1.54) is 0 Å². The van der Waals surface area contributed by atoms with Gasteiger partial charge in [-0.05, 0) is 68.9 Å². The molecular weight excluding hydrogens is 393 g/mol. The Balaban J connectivity index is 1.68. The SMILES string of the molecule is CC1(C)OB(c2ccc(N(c3ccccc3)c3ccccc3)c3ccccc23)OC1(C)C. The molecule has 3 nitrogen and oxygen atoms in total. The lowest BCUT2D eigenvalue weighted by molar-refractivity contribution is 0.00578. The maximum atomic E-state index is 6.39. The first-order valence-electron chi connectivity index (χ1n) is 11.1. The average Bonchev–Trinajstić information content (AvgIpc) is 3.02. The Kier molecular flexibility index (Phi) is 5.08. The first-order valence-corrected chi connectivity index (χ1v) is 11.1. The predicted molar refractivity (Wildman–Crippen MR) is 134 cm³/mol. The largest absolute Gasteiger partial charge is 0.495 e. The number of benzene rings is 4. The van der Waals surface area contributed by atoms with E-state index in [1.807, 2.05) is 12.1 Å². The van der Waals surface area contributed by atoms with Gasteiger partial charge in [-0.15, -0.1) is 0 Å². The Morgan fingerprint density at radius 2 is 1.03 bits per heavy atom. The molecule has 0 bridgehead atoms. The molecule has 1 aliphatic heterocycles. The number of fused-ring (bicyclic) bond motifs is 1. The van der Waals surface area contributed by atoms with Crippen LogP contribution in [0.15, 0.2) is 97.1 Å². The van der Waals surface area contributed by atoms with E-state index in [0.717, 1.165) is 33.3 Å². The smallest absolute Gasteiger partial charge is 0.399 e. The number of anilines is 3. The Morgan fingerprint density at radius 3 is 1.56 bits per heavy atom. The fourth-order valence-corrected chi connectivity index (χ4v) is 4.26. The molecule has 1 aliphatic rings. The van der Waals surface area contributed by atoms with Crippen molar-refractivity contribution in [2.45, 2.75) is 38.9 Å². The van der Waals surface area contributed by atoms with Crippen molar-refractivity contribution < 1.29 is 9.31 Å². The predicted octanol–water partition coefficient (Wildman–Crippen LogP) is 6.61. The Labute approximate surface area is 190 Å². The Morgan fingerprint density at radius 1 is 0.562 bits per heavy atom. The minimum absolute atomic E-state index is 0.377. The van der Waals surface area contributed by atoms with Crippen molar-refractivity contribution in [2.75, 3.05) is 4.90 Å². The molecule has 0 atom stereocenters. The van der Waals surface area contributed by atoms with Crippen LogP contribution in [-0.2, 0) is 9.31 Å². The third kappa shape index (κ3) is 3.50. The maximum Gasteiger partial charge on any atom is 0.495 e. The van der Waals surface area contributed by atoms with Gasteiger partial charge in [0.25, 0.3) is 0 Å². The first kappa shape index (κ1) is 20.8. The maximum absolute atomic E-state index is 6.39. The van der Waals surface area contributed by atoms with Gasteiger partial charge in [0.05, 0.1) is 16.9 Å². The molecule has 1 heterocycles. The molecule has 0 spiro atoms. The van der Waals surface area contributed by atoms with Crippen LogP contribution >= 0.6 is 0 Å². The van der Waals surface area contributed by atoms with Crippen LogP contribution in [0.4, 0.5) is 17.1 Å². The van der Waals surface area contributed by atoms with Gasteiger partial charge in [-0.3, -0.25) is 0 Å². The standard InChI is InChI=1S/C28H28BNO2/c1-27(2)28(3,4)32-29(31-27)25-19-20-26(24-18-12-11-17-23(24)25)30(21-13-7-5-8-14-21)22-15-9-6-10-16-22/h5-20H,1-4H3. The van der Waals surface area contributed by atoms with E-state index in [1.54, 1.807) is 0 Å². The van der Waals surface area contributed by atoms with E-state index in [-0.39, 0.29) is 11.2 Å². The van der Waals surface area contributed by atoms with Gasteiger partial charge in [-0.2, -0.15) is 0 Å². The summed E-state index contributed by atoms with van der Waals surface area (Å²) in [5, 5.41) is 2.30. The van der Waals surface area contributed by atoms with Gasteiger partial charge in [0.2, 0.25) is 0 Å². The van der Waals surface area contributed by atoms with Gasteiger partial charge in [-0.25, -0.2) is 0 Å². The van der Waals surface area contributed by atoms with E-state index in [9.17, 15) is 0 Å². The zero-order valence-electron chi connectivity index (χ0n) is 19.1. The van der Waals surface area contributed by atoms with Crippen molar-refractivity contribution in [1.29, 1.82) is 0 Å². The van der Waals surface area contributed by atoms with E-state index < -0.39 is 7.12 Å². The highest BCUT2D eigenvalue weighted by Gasteiger charge is 2.52. The number of nitrogens with zero attached hydrogens (tertiary/aromatic N) is 1. The van der Waals surface area contributed by atoms with Gasteiger partial charge in [-0.1, -0.05) is 66.7 Å². The molecule has 4 aromatic rings. The van der Waals surface area contributed by atoms with Gasteiger partial charge < -0.3 is 14.2 Å². The highest BCUT2D eigenvalue weighted by atomic mass is 16.7. The summed E-state index contributed by atoms with van der Waals surface area (Å²) < 4.78 is 12.8. The number of hydrogen-bond donors (Lipinski definition) is 0. The zero-order chi connectivity index (χ0) is 22.3. The third-order valence-electron chi connectivity index (χ3n) is 6.71. The van der Waals surface area contributed by atoms with Crippen molar-refractivity contribution in [1.82, 2.24) is 0 Å². The van der Waals surface area contributed by atoms with Crippen molar-refractivity contribution in [2.24, 2.45) is 0 Å². The summed E-state index contributed by atoms with van der Waals surface area (Å²) in [6.45, 7) is 8.37. The van der Waals surface area contributed by atoms with Gasteiger partial charge in [0.1, 0.15) is 0 Å². The quantitative estimate of drug-likeness (QED) is 0.346. The molecule has 0 saturated carbocycles. The van der Waals surface area contributed by atoms with Crippen LogP contribution < -0.4 is 10.4 Å². The molecule has 4 heteroatoms. The lowest BCUT2D eigenvalue weighted by atomic mass is 9.75. The fraction of sp³-hybridized carbons (Fsp3) is 0.214. The van der Waals surface area contributed by atoms with Crippen molar-refractivity contribution in [3.8, 4) is 0 Å². The van der Waals surface area contributed by atoms with E-state index >= 15 is 0 Å². The number of hydrogen-bond acceptors (Lipinski definition) is 3. The first-order chi connectivity index (χ1) is 15.4. The topological polar surface area (TPSA) is 21.7 Å². The fourth-order valence-electron chi connectivity index (χ4n) is 4.26. The monoisotopic (exact) mass is 421 g/mol. The van der Waals surface area contributed by atoms with Gasteiger partial charge >= 0.3 is 7.12 Å². The second-order valence-corrected chi connectivity index (χ2v) is 9.31. The summed E-state index contributed by atoms with van der Waals surface area (Å²) in [5.74, 6) is 0. The van der Waals surface area contributed by atoms with Crippen LogP contribution in [0, 0.1) is 0 Å². The molecule has 0 N–H and O–H groups in total. The van der Waals surface area contributed by atoms with Crippen LogP contribution in [0.25, 0.3) is 10.8 Å². The van der Waals surface area contributed by atoms with Crippen molar-refractivity contribution in [3.63, 3.8) is 0 Å². The normalized spacial score (nSPS) is 16.9. The van der Waals surface area contributed by atoms with Crippen LogP contribution in [0.2, 0.25) is 0 Å². The molecule has 160 valence electrons. The van der Waals surface area contributed by atoms with Crippen LogP contribution in [0.3, 0.4) is 0 Å². The lowest BCUT2D eigenvalue weighted by Gasteiger charge is -2.32. The second-order valence-electron chi connectivity index (χ2n) is 9.31. The third-order valence-corrected chi connectivity index (χ3v) is 6.71. The minimum Gasteiger partial charge on any atom is -0.399 e. The van der Waals surface area contributed by atoms with E-state index in [4.69, 9.17) is 9.31 Å². The molecule has 0 amide bonds. The molecule has 5 rings (SSSR count). The van der Waals surface area contributed by atoms with Crippen LogP contribution in [0.1, 0.15) is 27.7 Å². The summed E-state index contributed by atoms with van der Waals surface area (Å²) in [7, 11) is -0.402. The molecule has 0 radical (unpaired) electrons. The van der Waals surface area contributed by atoms with Gasteiger partial charge in [0, 0.05) is 16.8 Å². The summed E-state index contributed by atoms with van der Waals surface area (Å²) in [6.07, 6.45) is 0. The summed E-state index contributed by atoms with van der Waals surface area (Å²) in [4.78, 5) is 2.30. The summed E-state index contributed by atoms with van der Waals surface area (Å²) in [6, 6.07) is 33.8. The average molecular weight is 421 g/mol. The highest BCUT2D eigenvalue weighted by Crippen LogP contribution is 2.40. The van der Waals surface area contributed by atoms with Gasteiger partial charge in [0.15, 0.2) is 0 Å². The molecule has 0 unspecified atom stereocenters. The van der Waals surface area contributed by atoms with Crippen molar-refractivity contribution in [3.05, 3.63) is 97.1 Å². The lowest BCUT2D eigenvalue weighted by Crippen LogP contribution is -2.41.